The average Bonchev–Trinajstić information content (AvgIpc) is 3.13. The minimum Gasteiger partial charge on any atom is -0.394 e. The molecule has 0 aliphatic heterocycles. The highest BCUT2D eigenvalue weighted by atomic mass is 35.5. The molecule has 0 bridgehead atoms. The summed E-state index contributed by atoms with van der Waals surface area (Å²) in [6, 6.07) is 6.89. The summed E-state index contributed by atoms with van der Waals surface area (Å²) in [4.78, 5) is 14.0. The number of aliphatic hydroxyl groups excluding tert-OH is 1. The fourth-order valence-corrected chi connectivity index (χ4v) is 2.89. The zero-order chi connectivity index (χ0) is 16.5. The van der Waals surface area contributed by atoms with Gasteiger partial charge < -0.3 is 15.3 Å². The second-order valence-electron chi connectivity index (χ2n) is 6.73. The largest absolute Gasteiger partial charge is 0.394 e. The third-order valence-electron chi connectivity index (χ3n) is 5.11. The molecule has 3 unspecified atom stereocenters. The van der Waals surface area contributed by atoms with Crippen molar-refractivity contribution in [3.05, 3.63) is 34.9 Å². The highest BCUT2D eigenvalue weighted by Crippen LogP contribution is 2.51. The number of likely N-dealkylation sites (N-methyl/N-ethyl adjacent to an activating group) is 1. The summed E-state index contributed by atoms with van der Waals surface area (Å²) in [5.74, 6) is 0.535. The molecule has 1 aliphatic rings. The first-order valence-corrected chi connectivity index (χ1v) is 8.07. The molecule has 2 amide bonds. The predicted octanol–water partition coefficient (Wildman–Crippen LogP) is 3.45. The lowest BCUT2D eigenvalue weighted by Crippen LogP contribution is -2.43. The Morgan fingerprint density at radius 1 is 1.45 bits per heavy atom. The van der Waals surface area contributed by atoms with Crippen molar-refractivity contribution in [3.8, 4) is 0 Å². The maximum absolute atomic E-state index is 12.4. The lowest BCUT2D eigenvalue weighted by Gasteiger charge is -2.28. The molecule has 4 nitrogen and oxygen atoms in total. The molecule has 2 N–H and O–H groups in total. The van der Waals surface area contributed by atoms with Crippen molar-refractivity contribution in [3.63, 3.8) is 0 Å². The van der Waals surface area contributed by atoms with Crippen LogP contribution in [0.4, 0.5) is 4.79 Å². The zero-order valence-electron chi connectivity index (χ0n) is 13.6. The number of urea groups is 1. The minimum absolute atomic E-state index is 0.127. The molecular weight excluding hydrogens is 300 g/mol. The fourth-order valence-electron chi connectivity index (χ4n) is 2.76. The molecule has 3 atom stereocenters. The normalized spacial score (nSPS) is 25.0. The van der Waals surface area contributed by atoms with Crippen LogP contribution in [0.15, 0.2) is 24.3 Å². The summed E-state index contributed by atoms with van der Waals surface area (Å²) in [6.45, 7) is 6.43. The molecule has 5 heteroatoms. The van der Waals surface area contributed by atoms with Gasteiger partial charge in [0.2, 0.25) is 0 Å². The Hall–Kier alpha value is -1.26. The fraction of sp³-hybridized carbons (Fsp3) is 0.588. The van der Waals surface area contributed by atoms with E-state index < -0.39 is 0 Å². The average molecular weight is 325 g/mol. The number of nitrogens with zero attached hydrogens (tertiary/aromatic N) is 1. The first kappa shape index (κ1) is 17.1. The van der Waals surface area contributed by atoms with Gasteiger partial charge in [0.15, 0.2) is 0 Å². The van der Waals surface area contributed by atoms with E-state index in [1.165, 1.54) is 0 Å². The lowest BCUT2D eigenvalue weighted by molar-refractivity contribution is 0.148. The molecular formula is C17H25ClN2O2. The van der Waals surface area contributed by atoms with Crippen LogP contribution in [0.3, 0.4) is 0 Å². The number of rotatable bonds is 5. The van der Waals surface area contributed by atoms with Gasteiger partial charge in [0.05, 0.1) is 12.6 Å². The number of nitrogens with one attached hydrogen (secondary N) is 1. The first-order valence-electron chi connectivity index (χ1n) is 7.69. The summed E-state index contributed by atoms with van der Waals surface area (Å²) < 4.78 is 0. The van der Waals surface area contributed by atoms with Crippen LogP contribution in [0.2, 0.25) is 5.02 Å². The molecule has 1 aromatic carbocycles. The first-order chi connectivity index (χ1) is 10.3. The van der Waals surface area contributed by atoms with Gasteiger partial charge in [0.25, 0.3) is 0 Å². The van der Waals surface area contributed by atoms with Gasteiger partial charge in [0.1, 0.15) is 0 Å². The van der Waals surface area contributed by atoms with Crippen LogP contribution >= 0.6 is 11.6 Å². The van der Waals surface area contributed by atoms with E-state index in [1.54, 1.807) is 24.1 Å². The second kappa shape index (κ2) is 6.47. The van der Waals surface area contributed by atoms with E-state index in [-0.39, 0.29) is 30.1 Å². The van der Waals surface area contributed by atoms with Gasteiger partial charge >= 0.3 is 6.03 Å². The van der Waals surface area contributed by atoms with Crippen LogP contribution in [0.1, 0.15) is 38.8 Å². The summed E-state index contributed by atoms with van der Waals surface area (Å²) in [5, 5.41) is 13.4. The number of aliphatic hydroxyl groups is 1. The highest BCUT2D eigenvalue weighted by Gasteiger charge is 2.53. The number of amides is 2. The van der Waals surface area contributed by atoms with Crippen LogP contribution in [-0.4, -0.2) is 35.7 Å². The SMILES string of the molecule is CC(C)C1(C)CC1NC(=O)N(C)C(CO)c1ccc(Cl)cc1. The Bertz CT molecular complexity index is 532. The van der Waals surface area contributed by atoms with Crippen LogP contribution in [0.5, 0.6) is 0 Å². The number of benzene rings is 1. The quantitative estimate of drug-likeness (QED) is 0.871. The standard InChI is InChI=1S/C17H25ClN2O2/c1-11(2)17(3)9-15(17)19-16(22)20(4)14(10-21)12-5-7-13(18)8-6-12/h5-8,11,14-15,21H,9-10H2,1-4H3,(H,19,22). The Morgan fingerprint density at radius 3 is 2.50 bits per heavy atom. The lowest BCUT2D eigenvalue weighted by atomic mass is 9.94. The summed E-state index contributed by atoms with van der Waals surface area (Å²) in [6.07, 6.45) is 1.01. The summed E-state index contributed by atoms with van der Waals surface area (Å²) >= 11 is 5.88. The van der Waals surface area contributed by atoms with Crippen LogP contribution in [-0.2, 0) is 0 Å². The molecule has 1 fully saturated rings. The van der Waals surface area contributed by atoms with Gasteiger partial charge in [-0.05, 0) is 35.4 Å². The Balaban J connectivity index is 2.01. The van der Waals surface area contributed by atoms with Crippen molar-refractivity contribution >= 4 is 17.6 Å². The minimum atomic E-state index is -0.374. The van der Waals surface area contributed by atoms with Crippen molar-refractivity contribution in [1.29, 1.82) is 0 Å². The molecule has 2 rings (SSSR count). The Morgan fingerprint density at radius 2 is 2.05 bits per heavy atom. The van der Waals surface area contributed by atoms with Crippen molar-refractivity contribution in [2.75, 3.05) is 13.7 Å². The van der Waals surface area contributed by atoms with E-state index in [2.05, 4.69) is 26.1 Å². The van der Waals surface area contributed by atoms with Crippen LogP contribution in [0, 0.1) is 11.3 Å². The van der Waals surface area contributed by atoms with Crippen LogP contribution < -0.4 is 5.32 Å². The smallest absolute Gasteiger partial charge is 0.317 e. The van der Waals surface area contributed by atoms with E-state index in [1.807, 2.05) is 12.1 Å². The summed E-state index contributed by atoms with van der Waals surface area (Å²) in [7, 11) is 1.71. The maximum atomic E-state index is 12.4. The molecule has 1 aromatic rings. The van der Waals surface area contributed by atoms with Gasteiger partial charge in [-0.3, -0.25) is 0 Å². The molecule has 0 saturated heterocycles. The van der Waals surface area contributed by atoms with Crippen LogP contribution in [0.25, 0.3) is 0 Å². The van der Waals surface area contributed by atoms with E-state index in [9.17, 15) is 9.90 Å². The third-order valence-corrected chi connectivity index (χ3v) is 5.36. The van der Waals surface area contributed by atoms with Gasteiger partial charge in [-0.15, -0.1) is 0 Å². The van der Waals surface area contributed by atoms with Gasteiger partial charge in [0, 0.05) is 18.1 Å². The number of carbonyl (C=O) groups is 1. The van der Waals surface area contributed by atoms with Gasteiger partial charge in [-0.25, -0.2) is 4.79 Å². The third kappa shape index (κ3) is 3.39. The molecule has 0 heterocycles. The number of hydrogen-bond acceptors (Lipinski definition) is 2. The molecule has 1 aliphatic carbocycles. The Kier molecular flexibility index (Phi) is 5.03. The van der Waals surface area contributed by atoms with E-state index in [0.717, 1.165) is 12.0 Å². The van der Waals surface area contributed by atoms with Crippen molar-refractivity contribution in [2.45, 2.75) is 39.3 Å². The maximum Gasteiger partial charge on any atom is 0.317 e. The molecule has 122 valence electrons. The van der Waals surface area contributed by atoms with Crippen molar-refractivity contribution in [2.24, 2.45) is 11.3 Å². The van der Waals surface area contributed by atoms with Crippen molar-refractivity contribution in [1.82, 2.24) is 10.2 Å². The highest BCUT2D eigenvalue weighted by molar-refractivity contribution is 6.30. The Labute approximate surface area is 137 Å². The molecule has 0 spiro atoms. The topological polar surface area (TPSA) is 52.6 Å². The molecule has 0 aromatic heterocycles. The summed E-state index contributed by atoms with van der Waals surface area (Å²) in [5.41, 5.74) is 1.05. The molecule has 1 saturated carbocycles. The molecule has 22 heavy (non-hydrogen) atoms. The van der Waals surface area contributed by atoms with E-state index in [0.29, 0.717) is 10.9 Å². The van der Waals surface area contributed by atoms with Crippen molar-refractivity contribution < 1.29 is 9.90 Å². The molecule has 0 radical (unpaired) electrons. The van der Waals surface area contributed by atoms with Gasteiger partial charge in [-0.1, -0.05) is 44.5 Å². The second-order valence-corrected chi connectivity index (χ2v) is 7.16. The van der Waals surface area contributed by atoms with E-state index in [4.69, 9.17) is 11.6 Å². The number of carbonyl (C=O) groups excluding carboxylic acids is 1. The van der Waals surface area contributed by atoms with E-state index >= 15 is 0 Å². The monoisotopic (exact) mass is 324 g/mol. The van der Waals surface area contributed by atoms with Gasteiger partial charge in [-0.2, -0.15) is 0 Å². The number of halogens is 1. The predicted molar refractivity (Wildman–Crippen MR) is 88.9 cm³/mol. The number of hydrogen-bond donors (Lipinski definition) is 2. The zero-order valence-corrected chi connectivity index (χ0v) is 14.4.